The maximum Gasteiger partial charge on any atom is 0.335 e. The van der Waals surface area contributed by atoms with Crippen molar-refractivity contribution in [1.82, 2.24) is 5.32 Å². The van der Waals surface area contributed by atoms with Gasteiger partial charge in [0.05, 0.1) is 11.1 Å². The molecule has 0 saturated heterocycles. The minimum atomic E-state index is -0.993. The highest BCUT2D eigenvalue weighted by Crippen LogP contribution is 2.36. The Balaban J connectivity index is 1.88. The van der Waals surface area contributed by atoms with Gasteiger partial charge in [-0.2, -0.15) is 0 Å². The maximum atomic E-state index is 13.3. The second kappa shape index (κ2) is 7.24. The summed E-state index contributed by atoms with van der Waals surface area (Å²) in [7, 11) is 1.53. The van der Waals surface area contributed by atoms with Crippen molar-refractivity contribution < 1.29 is 23.5 Å². The van der Waals surface area contributed by atoms with E-state index in [1.807, 2.05) is 12.1 Å². The average Bonchev–Trinajstić information content (AvgIpc) is 3.12. The molecule has 0 aliphatic carbocycles. The fraction of sp³-hybridized carbons (Fsp3) is 0.0435. The van der Waals surface area contributed by atoms with Gasteiger partial charge in [-0.15, -0.1) is 0 Å². The fourth-order valence-corrected chi connectivity index (χ4v) is 3.24. The van der Waals surface area contributed by atoms with Crippen molar-refractivity contribution in [2.75, 3.05) is 7.05 Å². The zero-order valence-electron chi connectivity index (χ0n) is 15.4. The Morgan fingerprint density at radius 1 is 0.897 bits per heavy atom. The van der Waals surface area contributed by atoms with Crippen molar-refractivity contribution in [2.45, 2.75) is 0 Å². The molecular formula is C23H16FNO4. The summed E-state index contributed by atoms with van der Waals surface area (Å²) < 4.78 is 19.2. The number of carboxylic acid groups (broad SMARTS) is 1. The molecule has 5 nitrogen and oxygen atoms in total. The van der Waals surface area contributed by atoms with Crippen LogP contribution in [-0.2, 0) is 0 Å². The first-order valence-electron chi connectivity index (χ1n) is 8.86. The van der Waals surface area contributed by atoms with Crippen molar-refractivity contribution >= 4 is 22.8 Å². The third-order valence-corrected chi connectivity index (χ3v) is 4.71. The lowest BCUT2D eigenvalue weighted by Crippen LogP contribution is -2.18. The van der Waals surface area contributed by atoms with E-state index in [0.717, 1.165) is 11.1 Å². The molecule has 0 saturated carbocycles. The van der Waals surface area contributed by atoms with Gasteiger partial charge in [0.1, 0.15) is 17.2 Å². The molecule has 29 heavy (non-hydrogen) atoms. The lowest BCUT2D eigenvalue weighted by molar-refractivity contribution is 0.0696. The summed E-state index contributed by atoms with van der Waals surface area (Å²) >= 11 is 0. The van der Waals surface area contributed by atoms with Gasteiger partial charge < -0.3 is 14.8 Å². The van der Waals surface area contributed by atoms with E-state index < -0.39 is 5.97 Å². The predicted octanol–water partition coefficient (Wildman–Crippen LogP) is 4.96. The van der Waals surface area contributed by atoms with E-state index in [-0.39, 0.29) is 17.3 Å². The van der Waals surface area contributed by atoms with Crippen LogP contribution in [0.1, 0.15) is 20.7 Å². The van der Waals surface area contributed by atoms with Gasteiger partial charge in [-0.1, -0.05) is 18.2 Å². The molecule has 0 radical (unpaired) electrons. The largest absolute Gasteiger partial charge is 0.478 e. The van der Waals surface area contributed by atoms with Crippen molar-refractivity contribution in [3.8, 4) is 22.5 Å². The van der Waals surface area contributed by atoms with Crippen LogP contribution in [0.25, 0.3) is 33.4 Å². The number of nitrogens with one attached hydrogen (secondary N) is 1. The van der Waals surface area contributed by atoms with E-state index >= 15 is 0 Å². The molecule has 0 fully saturated rings. The number of benzene rings is 3. The number of carbonyl (C=O) groups excluding carboxylic acids is 1. The number of hydrogen-bond acceptors (Lipinski definition) is 3. The summed E-state index contributed by atoms with van der Waals surface area (Å²) in [4.78, 5) is 23.7. The van der Waals surface area contributed by atoms with Gasteiger partial charge in [-0.3, -0.25) is 4.79 Å². The fourth-order valence-electron chi connectivity index (χ4n) is 3.24. The molecule has 6 heteroatoms. The molecule has 144 valence electrons. The van der Waals surface area contributed by atoms with Crippen molar-refractivity contribution in [2.24, 2.45) is 0 Å². The van der Waals surface area contributed by atoms with Crippen LogP contribution in [0.5, 0.6) is 0 Å². The van der Waals surface area contributed by atoms with Gasteiger partial charge in [0.2, 0.25) is 0 Å². The first-order chi connectivity index (χ1) is 14.0. The maximum absolute atomic E-state index is 13.3. The molecule has 2 N–H and O–H groups in total. The molecule has 0 aliphatic heterocycles. The van der Waals surface area contributed by atoms with Gasteiger partial charge in [0.25, 0.3) is 5.91 Å². The van der Waals surface area contributed by atoms with E-state index in [2.05, 4.69) is 5.32 Å². The third-order valence-electron chi connectivity index (χ3n) is 4.71. The average molecular weight is 389 g/mol. The molecule has 1 heterocycles. The first-order valence-corrected chi connectivity index (χ1v) is 8.86. The van der Waals surface area contributed by atoms with Gasteiger partial charge in [0.15, 0.2) is 0 Å². The Morgan fingerprint density at radius 3 is 2.14 bits per heavy atom. The molecule has 4 rings (SSSR count). The summed E-state index contributed by atoms with van der Waals surface area (Å²) in [6.45, 7) is 0. The predicted molar refractivity (Wildman–Crippen MR) is 107 cm³/mol. The number of furan rings is 1. The van der Waals surface area contributed by atoms with Crippen LogP contribution >= 0.6 is 0 Å². The lowest BCUT2D eigenvalue weighted by Gasteiger charge is -2.04. The van der Waals surface area contributed by atoms with E-state index in [0.29, 0.717) is 27.9 Å². The number of carboxylic acids is 1. The summed E-state index contributed by atoms with van der Waals surface area (Å²) in [5, 5.41) is 12.3. The summed E-state index contributed by atoms with van der Waals surface area (Å²) in [5.74, 6) is -1.33. The molecule has 1 amide bonds. The molecule has 0 bridgehead atoms. The highest BCUT2D eigenvalue weighted by molar-refractivity contribution is 6.11. The second-order valence-electron chi connectivity index (χ2n) is 6.49. The molecule has 0 atom stereocenters. The molecular weight excluding hydrogens is 373 g/mol. The Kier molecular flexibility index (Phi) is 4.60. The van der Waals surface area contributed by atoms with E-state index in [1.165, 1.54) is 31.3 Å². The SMILES string of the molecule is CNC(=O)c1c(-c2ccc(F)cc2)oc2ccc(-c3ccc(C(=O)O)cc3)cc12. The van der Waals surface area contributed by atoms with Crippen LogP contribution in [0, 0.1) is 5.82 Å². The lowest BCUT2D eigenvalue weighted by atomic mass is 9.99. The van der Waals surface area contributed by atoms with Crippen LogP contribution in [0.3, 0.4) is 0 Å². The highest BCUT2D eigenvalue weighted by atomic mass is 19.1. The normalized spacial score (nSPS) is 10.8. The Hall–Kier alpha value is -3.93. The van der Waals surface area contributed by atoms with Gasteiger partial charge in [-0.05, 0) is 59.7 Å². The third kappa shape index (κ3) is 3.36. The minimum absolute atomic E-state index is 0.197. The van der Waals surface area contributed by atoms with Crippen LogP contribution < -0.4 is 5.32 Å². The molecule has 0 aliphatic rings. The first kappa shape index (κ1) is 18.4. The molecule has 4 aromatic rings. The van der Waals surface area contributed by atoms with Crippen LogP contribution in [-0.4, -0.2) is 24.0 Å². The molecule has 0 spiro atoms. The topological polar surface area (TPSA) is 79.5 Å². The highest BCUT2D eigenvalue weighted by Gasteiger charge is 2.22. The Bertz CT molecular complexity index is 1220. The quantitative estimate of drug-likeness (QED) is 0.517. The number of rotatable bonds is 4. The minimum Gasteiger partial charge on any atom is -0.478 e. The van der Waals surface area contributed by atoms with E-state index in [9.17, 15) is 14.0 Å². The van der Waals surface area contributed by atoms with Crippen LogP contribution in [0.15, 0.2) is 71.1 Å². The second-order valence-corrected chi connectivity index (χ2v) is 6.49. The van der Waals surface area contributed by atoms with Crippen molar-refractivity contribution in [3.05, 3.63) is 83.7 Å². The number of aromatic carboxylic acids is 1. The van der Waals surface area contributed by atoms with Crippen LogP contribution in [0.2, 0.25) is 0 Å². The summed E-state index contributed by atoms with van der Waals surface area (Å²) in [6.07, 6.45) is 0. The van der Waals surface area contributed by atoms with E-state index in [4.69, 9.17) is 9.52 Å². The molecule has 0 unspecified atom stereocenters. The zero-order chi connectivity index (χ0) is 20.5. The Labute approximate surface area is 165 Å². The number of amides is 1. The van der Waals surface area contributed by atoms with Gasteiger partial charge >= 0.3 is 5.97 Å². The standard InChI is InChI=1S/C23H16FNO4/c1-25-22(26)20-18-12-16(13-2-4-15(5-3-13)23(27)28)8-11-19(18)29-21(20)14-6-9-17(24)10-7-14/h2-12H,1H3,(H,25,26)(H,27,28). The number of halogens is 1. The number of hydrogen-bond donors (Lipinski definition) is 2. The van der Waals surface area contributed by atoms with Gasteiger partial charge in [-0.25, -0.2) is 9.18 Å². The molecule has 1 aromatic heterocycles. The smallest absolute Gasteiger partial charge is 0.335 e. The molecule has 3 aromatic carbocycles. The summed E-state index contributed by atoms with van der Waals surface area (Å²) in [6, 6.07) is 17.6. The zero-order valence-corrected chi connectivity index (χ0v) is 15.4. The Morgan fingerprint density at radius 2 is 1.52 bits per heavy atom. The number of carbonyl (C=O) groups is 2. The van der Waals surface area contributed by atoms with Crippen molar-refractivity contribution in [1.29, 1.82) is 0 Å². The monoisotopic (exact) mass is 389 g/mol. The summed E-state index contributed by atoms with van der Waals surface area (Å²) in [5.41, 5.74) is 3.29. The van der Waals surface area contributed by atoms with Crippen LogP contribution in [0.4, 0.5) is 4.39 Å². The number of fused-ring (bicyclic) bond motifs is 1. The van der Waals surface area contributed by atoms with Crippen molar-refractivity contribution in [3.63, 3.8) is 0 Å². The van der Waals surface area contributed by atoms with Gasteiger partial charge in [0, 0.05) is 18.0 Å². The van der Waals surface area contributed by atoms with E-state index in [1.54, 1.807) is 30.3 Å².